The average Bonchev–Trinajstić information content (AvgIpc) is 3.43. The Morgan fingerprint density at radius 2 is 1.90 bits per heavy atom. The molecule has 1 aromatic carbocycles. The van der Waals surface area contributed by atoms with Crippen molar-refractivity contribution in [3.8, 4) is 11.5 Å². The summed E-state index contributed by atoms with van der Waals surface area (Å²) in [6.07, 6.45) is 5.17. The molecule has 0 spiro atoms. The summed E-state index contributed by atoms with van der Waals surface area (Å²) in [6, 6.07) is 11.1. The first-order valence-electron chi connectivity index (χ1n) is 9.64. The second-order valence-electron chi connectivity index (χ2n) is 7.14. The molecule has 0 saturated carbocycles. The largest absolute Gasteiger partial charge is 0.463 e. The molecule has 0 unspecified atom stereocenters. The van der Waals surface area contributed by atoms with Gasteiger partial charge in [-0.3, -0.25) is 4.79 Å². The Hall–Kier alpha value is -2.64. The summed E-state index contributed by atoms with van der Waals surface area (Å²) < 4.78 is 7.85. The molecule has 0 N–H and O–H groups in total. The van der Waals surface area contributed by atoms with E-state index in [1.807, 2.05) is 36.4 Å². The van der Waals surface area contributed by atoms with Gasteiger partial charge in [0.2, 0.25) is 0 Å². The number of fused-ring (bicyclic) bond motifs is 1. The van der Waals surface area contributed by atoms with Crippen LogP contribution in [0.1, 0.15) is 24.8 Å². The fourth-order valence-electron chi connectivity index (χ4n) is 3.61. The molecule has 0 amide bonds. The minimum absolute atomic E-state index is 0.190. The molecule has 1 saturated heterocycles. The predicted octanol–water partition coefficient (Wildman–Crippen LogP) is 4.81. The lowest BCUT2D eigenvalue weighted by molar-refractivity contribution is 0.571. The maximum Gasteiger partial charge on any atom is 0.294 e. The molecule has 4 aromatic rings. The standard InChI is InChI=1S/C21H19ClN4O2S/c22-15-8-6-14(7-9-15)13-26-20(27)18-19(17(24-26)16-5-4-12-28-16)29-21(23-18)25-10-2-1-3-11-25/h4-9,12H,1-3,10-11,13H2. The van der Waals surface area contributed by atoms with Crippen molar-refractivity contribution in [2.24, 2.45) is 0 Å². The number of piperidine rings is 1. The fourth-order valence-corrected chi connectivity index (χ4v) is 4.84. The third kappa shape index (κ3) is 3.56. The molecule has 3 aromatic heterocycles. The van der Waals surface area contributed by atoms with Crippen molar-refractivity contribution in [3.63, 3.8) is 0 Å². The molecule has 0 atom stereocenters. The summed E-state index contributed by atoms with van der Waals surface area (Å²) in [5, 5.41) is 6.19. The smallest absolute Gasteiger partial charge is 0.294 e. The van der Waals surface area contributed by atoms with Crippen LogP contribution in [0.5, 0.6) is 0 Å². The van der Waals surface area contributed by atoms with Crippen LogP contribution in [-0.2, 0) is 6.54 Å². The van der Waals surface area contributed by atoms with Crippen LogP contribution >= 0.6 is 22.9 Å². The van der Waals surface area contributed by atoms with Crippen molar-refractivity contribution in [2.45, 2.75) is 25.8 Å². The van der Waals surface area contributed by atoms with Crippen molar-refractivity contribution < 1.29 is 4.42 Å². The fraction of sp³-hybridized carbons (Fsp3) is 0.286. The van der Waals surface area contributed by atoms with E-state index < -0.39 is 0 Å². The summed E-state index contributed by atoms with van der Waals surface area (Å²) in [4.78, 5) is 20.2. The van der Waals surface area contributed by atoms with Gasteiger partial charge in [0.25, 0.3) is 5.56 Å². The Labute approximate surface area is 176 Å². The van der Waals surface area contributed by atoms with Gasteiger partial charge in [-0.05, 0) is 49.1 Å². The van der Waals surface area contributed by atoms with E-state index in [-0.39, 0.29) is 5.56 Å². The number of hydrogen-bond donors (Lipinski definition) is 0. The van der Waals surface area contributed by atoms with Gasteiger partial charge in [-0.15, -0.1) is 0 Å². The second kappa shape index (κ2) is 7.65. The van der Waals surface area contributed by atoms with Crippen LogP contribution in [0.3, 0.4) is 0 Å². The van der Waals surface area contributed by atoms with Crippen LogP contribution in [-0.4, -0.2) is 27.9 Å². The van der Waals surface area contributed by atoms with Gasteiger partial charge in [0, 0.05) is 18.1 Å². The quantitative estimate of drug-likeness (QED) is 0.468. The lowest BCUT2D eigenvalue weighted by Gasteiger charge is -2.25. The summed E-state index contributed by atoms with van der Waals surface area (Å²) >= 11 is 7.50. The molecular formula is C21H19ClN4O2S. The van der Waals surface area contributed by atoms with Crippen molar-refractivity contribution in [2.75, 3.05) is 18.0 Å². The molecule has 6 nitrogen and oxygen atoms in total. The zero-order valence-corrected chi connectivity index (χ0v) is 17.2. The van der Waals surface area contributed by atoms with Gasteiger partial charge in [0.05, 0.1) is 17.5 Å². The summed E-state index contributed by atoms with van der Waals surface area (Å²) in [5.41, 5.74) is 1.86. The lowest BCUT2D eigenvalue weighted by atomic mass is 10.1. The molecule has 1 aliphatic heterocycles. The maximum atomic E-state index is 13.2. The third-order valence-electron chi connectivity index (χ3n) is 5.12. The molecule has 29 heavy (non-hydrogen) atoms. The van der Waals surface area contributed by atoms with Crippen LogP contribution in [0.25, 0.3) is 21.7 Å². The molecule has 0 aliphatic carbocycles. The van der Waals surface area contributed by atoms with Gasteiger partial charge >= 0.3 is 0 Å². The van der Waals surface area contributed by atoms with Crippen LogP contribution < -0.4 is 10.5 Å². The molecule has 1 fully saturated rings. The zero-order valence-electron chi connectivity index (χ0n) is 15.7. The Morgan fingerprint density at radius 3 is 2.62 bits per heavy atom. The van der Waals surface area contributed by atoms with Crippen LogP contribution in [0.4, 0.5) is 5.13 Å². The Morgan fingerprint density at radius 1 is 1.10 bits per heavy atom. The first-order chi connectivity index (χ1) is 14.2. The van der Waals surface area contributed by atoms with Crippen LogP contribution in [0.2, 0.25) is 5.02 Å². The summed E-state index contributed by atoms with van der Waals surface area (Å²) in [7, 11) is 0. The summed E-state index contributed by atoms with van der Waals surface area (Å²) in [5.74, 6) is 0.633. The van der Waals surface area contributed by atoms with Crippen molar-refractivity contribution >= 4 is 38.3 Å². The van der Waals surface area contributed by atoms with Crippen LogP contribution in [0.15, 0.2) is 51.9 Å². The zero-order chi connectivity index (χ0) is 19.8. The highest BCUT2D eigenvalue weighted by Crippen LogP contribution is 2.34. The third-order valence-corrected chi connectivity index (χ3v) is 6.49. The predicted molar refractivity (Wildman–Crippen MR) is 116 cm³/mol. The van der Waals surface area contributed by atoms with Crippen molar-refractivity contribution in [1.29, 1.82) is 0 Å². The second-order valence-corrected chi connectivity index (χ2v) is 8.55. The number of halogens is 1. The monoisotopic (exact) mass is 426 g/mol. The van der Waals surface area contributed by atoms with E-state index in [9.17, 15) is 4.79 Å². The molecule has 148 valence electrons. The Balaban J connectivity index is 1.64. The van der Waals surface area contributed by atoms with Crippen molar-refractivity contribution in [1.82, 2.24) is 14.8 Å². The number of benzene rings is 1. The summed E-state index contributed by atoms with van der Waals surface area (Å²) in [6.45, 7) is 2.29. The number of anilines is 1. The average molecular weight is 427 g/mol. The molecule has 5 rings (SSSR count). The first kappa shape index (κ1) is 18.4. The van der Waals surface area contributed by atoms with Gasteiger partial charge < -0.3 is 9.32 Å². The van der Waals surface area contributed by atoms with E-state index in [0.29, 0.717) is 28.5 Å². The van der Waals surface area contributed by atoms with Gasteiger partial charge in [0.1, 0.15) is 5.69 Å². The minimum atomic E-state index is -0.190. The molecule has 8 heteroatoms. The number of hydrogen-bond acceptors (Lipinski definition) is 6. The highest BCUT2D eigenvalue weighted by molar-refractivity contribution is 7.22. The van der Waals surface area contributed by atoms with E-state index in [0.717, 1.165) is 41.3 Å². The van der Waals surface area contributed by atoms with E-state index >= 15 is 0 Å². The number of furan rings is 1. The van der Waals surface area contributed by atoms with Crippen molar-refractivity contribution in [3.05, 3.63) is 63.6 Å². The van der Waals surface area contributed by atoms with E-state index in [2.05, 4.69) is 10.00 Å². The normalized spacial score (nSPS) is 14.6. The van der Waals surface area contributed by atoms with E-state index in [4.69, 9.17) is 21.0 Å². The Bertz CT molecular complexity index is 1190. The van der Waals surface area contributed by atoms with Gasteiger partial charge in [-0.1, -0.05) is 35.1 Å². The van der Waals surface area contributed by atoms with E-state index in [1.54, 1.807) is 6.26 Å². The highest BCUT2D eigenvalue weighted by atomic mass is 35.5. The molecule has 4 heterocycles. The molecular weight excluding hydrogens is 408 g/mol. The number of thiazole rings is 1. The molecule has 0 radical (unpaired) electrons. The van der Waals surface area contributed by atoms with Crippen LogP contribution in [0, 0.1) is 0 Å². The first-order valence-corrected chi connectivity index (χ1v) is 10.8. The van der Waals surface area contributed by atoms with Gasteiger partial charge in [-0.25, -0.2) is 9.67 Å². The number of nitrogens with zero attached hydrogens (tertiary/aromatic N) is 4. The highest BCUT2D eigenvalue weighted by Gasteiger charge is 2.22. The van der Waals surface area contributed by atoms with Gasteiger partial charge in [-0.2, -0.15) is 5.10 Å². The van der Waals surface area contributed by atoms with Gasteiger partial charge in [0.15, 0.2) is 16.4 Å². The topological polar surface area (TPSA) is 64.2 Å². The lowest BCUT2D eigenvalue weighted by Crippen LogP contribution is -2.29. The molecule has 1 aliphatic rings. The minimum Gasteiger partial charge on any atom is -0.463 e. The molecule has 0 bridgehead atoms. The van der Waals surface area contributed by atoms with E-state index in [1.165, 1.54) is 22.4 Å². The SMILES string of the molecule is O=c1c2nc(N3CCCCC3)sc2c(-c2ccco2)nn1Cc1ccc(Cl)cc1. The number of rotatable bonds is 4. The maximum absolute atomic E-state index is 13.2. The Kier molecular flexibility index (Phi) is 4.85. The number of aromatic nitrogens is 3.